The van der Waals surface area contributed by atoms with E-state index in [1.165, 1.54) is 30.2 Å². The van der Waals surface area contributed by atoms with E-state index >= 15 is 0 Å². The van der Waals surface area contributed by atoms with Gasteiger partial charge >= 0.3 is 5.97 Å². The molecule has 3 atom stereocenters. The van der Waals surface area contributed by atoms with Crippen molar-refractivity contribution in [1.82, 2.24) is 0 Å². The third-order valence-corrected chi connectivity index (χ3v) is 8.34. The zero-order valence-corrected chi connectivity index (χ0v) is 23.6. The highest BCUT2D eigenvalue weighted by Gasteiger charge is 2.46. The first-order valence-electron chi connectivity index (χ1n) is 13.5. The van der Waals surface area contributed by atoms with Crippen molar-refractivity contribution in [2.75, 3.05) is 18.6 Å². The maximum Gasteiger partial charge on any atom is 0.315 e. The molecule has 0 spiro atoms. The Morgan fingerprint density at radius 1 is 1.05 bits per heavy atom. The molecule has 0 bridgehead atoms. The fraction of sp³-hybridized carbons (Fsp3) is 0.375. The Labute approximate surface area is 238 Å². The van der Waals surface area contributed by atoms with E-state index in [-0.39, 0.29) is 17.1 Å². The molecule has 40 heavy (non-hydrogen) atoms. The number of hydrogen-bond donors (Lipinski definition) is 0. The lowest BCUT2D eigenvalue weighted by molar-refractivity contribution is -0.143. The van der Waals surface area contributed by atoms with Gasteiger partial charge in [0, 0.05) is 16.3 Å². The zero-order chi connectivity index (χ0) is 28.3. The molecule has 0 saturated heterocycles. The number of esters is 1. The Balaban J connectivity index is 1.53. The molecule has 0 aromatic heterocycles. The van der Waals surface area contributed by atoms with E-state index in [0.29, 0.717) is 45.9 Å². The molecule has 6 rings (SSSR count). The number of carbonyl (C=O) groups is 2. The molecule has 1 amide bonds. The minimum absolute atomic E-state index is 0.0318. The maximum atomic E-state index is 14.4. The molecule has 1 unspecified atom stereocenters. The number of methoxy groups -OCH3 is 1. The number of halogens is 2. The number of benzene rings is 3. The number of nitrogens with zero attached hydrogens (tertiary/aromatic N) is 1. The van der Waals surface area contributed by atoms with Crippen LogP contribution in [0.5, 0.6) is 11.5 Å². The molecule has 8 heteroatoms. The number of ether oxygens (including phenoxy) is 3. The molecule has 2 aliphatic heterocycles. The van der Waals surface area contributed by atoms with Crippen LogP contribution in [-0.2, 0) is 14.9 Å². The van der Waals surface area contributed by atoms with E-state index in [0.717, 1.165) is 18.4 Å². The highest BCUT2D eigenvalue weighted by Crippen LogP contribution is 2.49. The number of anilines is 1. The zero-order valence-electron chi connectivity index (χ0n) is 22.9. The van der Waals surface area contributed by atoms with Crippen LogP contribution in [0.2, 0.25) is 5.02 Å². The normalized spacial score (nSPS) is 22.1. The molecule has 3 aromatic rings. The maximum absolute atomic E-state index is 14.4. The van der Waals surface area contributed by atoms with E-state index in [1.807, 2.05) is 24.3 Å². The van der Waals surface area contributed by atoms with Crippen LogP contribution in [0.1, 0.15) is 72.6 Å². The number of carbonyl (C=O) groups excluding carboxylic acids is 2. The van der Waals surface area contributed by atoms with Crippen LogP contribution >= 0.6 is 11.6 Å². The minimum atomic E-state index is -0.929. The van der Waals surface area contributed by atoms with Crippen molar-refractivity contribution in [3.63, 3.8) is 0 Å². The summed E-state index contributed by atoms with van der Waals surface area (Å²) in [5.41, 5.74) is 2.35. The molecule has 208 valence electrons. The van der Waals surface area contributed by atoms with Gasteiger partial charge in [0.25, 0.3) is 5.91 Å². The largest absolute Gasteiger partial charge is 0.486 e. The first kappa shape index (κ1) is 26.6. The molecule has 0 radical (unpaired) electrons. The monoisotopic (exact) mass is 563 g/mol. The van der Waals surface area contributed by atoms with Gasteiger partial charge < -0.3 is 14.2 Å². The Bertz CT molecular complexity index is 1510. The average molecular weight is 564 g/mol. The number of rotatable bonds is 4. The first-order valence-corrected chi connectivity index (χ1v) is 13.9. The van der Waals surface area contributed by atoms with Crippen molar-refractivity contribution in [2.24, 2.45) is 5.92 Å². The van der Waals surface area contributed by atoms with Gasteiger partial charge in [-0.15, -0.1) is 0 Å². The lowest BCUT2D eigenvalue weighted by Crippen LogP contribution is -2.45. The van der Waals surface area contributed by atoms with Crippen LogP contribution in [0.25, 0.3) is 0 Å². The van der Waals surface area contributed by atoms with Gasteiger partial charge in [0.05, 0.1) is 13.2 Å². The van der Waals surface area contributed by atoms with Gasteiger partial charge in [-0.1, -0.05) is 50.6 Å². The summed E-state index contributed by atoms with van der Waals surface area (Å²) < 4.78 is 32.0. The van der Waals surface area contributed by atoms with Gasteiger partial charge in [0.15, 0.2) is 11.5 Å². The number of fused-ring (bicyclic) bond motifs is 2. The fourth-order valence-electron chi connectivity index (χ4n) is 5.81. The highest BCUT2D eigenvalue weighted by atomic mass is 35.5. The van der Waals surface area contributed by atoms with E-state index < -0.39 is 29.7 Å². The van der Waals surface area contributed by atoms with Crippen molar-refractivity contribution in [3.05, 3.63) is 87.7 Å². The van der Waals surface area contributed by atoms with E-state index in [1.54, 1.807) is 12.1 Å². The van der Waals surface area contributed by atoms with Crippen molar-refractivity contribution < 1.29 is 28.2 Å². The first-order chi connectivity index (χ1) is 19.1. The van der Waals surface area contributed by atoms with Gasteiger partial charge in [0.1, 0.15) is 24.4 Å². The van der Waals surface area contributed by atoms with E-state index in [2.05, 4.69) is 20.8 Å². The summed E-state index contributed by atoms with van der Waals surface area (Å²) in [4.78, 5) is 29.1. The Kier molecular flexibility index (Phi) is 6.53. The van der Waals surface area contributed by atoms with Crippen molar-refractivity contribution in [3.8, 4) is 11.5 Å². The molecule has 3 aliphatic rings. The van der Waals surface area contributed by atoms with Gasteiger partial charge in [-0.25, -0.2) is 4.39 Å². The summed E-state index contributed by atoms with van der Waals surface area (Å²) in [6.07, 6.45) is 2.18. The van der Waals surface area contributed by atoms with Crippen LogP contribution in [0.15, 0.2) is 54.6 Å². The quantitative estimate of drug-likeness (QED) is 0.320. The standard InChI is InChI=1S/C32H31ClFNO5/c1-32(2,3)23-11-9-20(15-24(23)33)35-29(18-7-12-25-26(13-18)40-27(16-39-25)17-5-6-17)28(31(37)38-4)21-10-8-19(34)14-22(21)30(35)36/h7-15,17,27-29H,5-6,16H2,1-4H3/t27?,28-,29+/m0/s1. The Morgan fingerprint density at radius 3 is 2.50 bits per heavy atom. The molecule has 1 saturated carbocycles. The average Bonchev–Trinajstić information content (AvgIpc) is 3.77. The molecule has 2 heterocycles. The predicted octanol–water partition coefficient (Wildman–Crippen LogP) is 6.98. The number of hydrogen-bond acceptors (Lipinski definition) is 5. The minimum Gasteiger partial charge on any atom is -0.486 e. The molecular weight excluding hydrogens is 533 g/mol. The van der Waals surface area contributed by atoms with E-state index in [4.69, 9.17) is 25.8 Å². The lowest BCUT2D eigenvalue weighted by Gasteiger charge is -2.41. The lowest BCUT2D eigenvalue weighted by atomic mass is 9.79. The second-order valence-electron chi connectivity index (χ2n) is 11.8. The van der Waals surface area contributed by atoms with Gasteiger partial charge in [0.2, 0.25) is 0 Å². The van der Waals surface area contributed by atoms with Crippen molar-refractivity contribution in [1.29, 1.82) is 0 Å². The summed E-state index contributed by atoms with van der Waals surface area (Å²) in [6, 6.07) is 14.0. The third kappa shape index (κ3) is 4.60. The number of amides is 1. The van der Waals surface area contributed by atoms with Gasteiger partial charge in [-0.05, 0) is 77.3 Å². The Morgan fingerprint density at radius 2 is 1.82 bits per heavy atom. The SMILES string of the molecule is COC(=O)[C@H]1c2ccc(F)cc2C(=O)N(c2ccc(C(C)(C)C)c(Cl)c2)[C@@H]1c1ccc2c(c1)OC(C1CC1)CO2. The summed E-state index contributed by atoms with van der Waals surface area (Å²) >= 11 is 6.75. The second kappa shape index (κ2) is 9.81. The third-order valence-electron chi connectivity index (χ3n) is 8.03. The topological polar surface area (TPSA) is 65.1 Å². The van der Waals surface area contributed by atoms with Crippen LogP contribution in [0.4, 0.5) is 10.1 Å². The van der Waals surface area contributed by atoms with Gasteiger partial charge in [-0.3, -0.25) is 14.5 Å². The predicted molar refractivity (Wildman–Crippen MR) is 150 cm³/mol. The van der Waals surface area contributed by atoms with Crippen LogP contribution in [0.3, 0.4) is 0 Å². The molecule has 1 aliphatic carbocycles. The van der Waals surface area contributed by atoms with Crippen LogP contribution in [0, 0.1) is 11.7 Å². The second-order valence-corrected chi connectivity index (χ2v) is 12.2. The Hall–Kier alpha value is -3.58. The smallest absolute Gasteiger partial charge is 0.315 e. The molecule has 3 aromatic carbocycles. The highest BCUT2D eigenvalue weighted by molar-refractivity contribution is 6.32. The summed E-state index contributed by atoms with van der Waals surface area (Å²) in [7, 11) is 1.31. The summed E-state index contributed by atoms with van der Waals surface area (Å²) in [5, 5.41) is 0.491. The van der Waals surface area contributed by atoms with Gasteiger partial charge in [-0.2, -0.15) is 0 Å². The van der Waals surface area contributed by atoms with Crippen LogP contribution < -0.4 is 14.4 Å². The summed E-state index contributed by atoms with van der Waals surface area (Å²) in [5.74, 6) is -0.824. The molecule has 1 fully saturated rings. The van der Waals surface area contributed by atoms with Crippen molar-refractivity contribution >= 4 is 29.2 Å². The van der Waals surface area contributed by atoms with Crippen LogP contribution in [-0.4, -0.2) is 31.7 Å². The van der Waals surface area contributed by atoms with E-state index in [9.17, 15) is 14.0 Å². The molecule has 6 nitrogen and oxygen atoms in total. The summed E-state index contributed by atoms with van der Waals surface area (Å²) in [6.45, 7) is 6.66. The molecule has 0 N–H and O–H groups in total. The molecular formula is C32H31ClFNO5. The fourth-order valence-corrected chi connectivity index (χ4v) is 6.27. The van der Waals surface area contributed by atoms with Crippen molar-refractivity contribution in [2.45, 2.75) is 57.1 Å².